The Labute approximate surface area is 351 Å². The molecule has 2 aliphatic heterocycles. The van der Waals surface area contributed by atoms with Gasteiger partial charge in [-0.15, -0.1) is 0 Å². The van der Waals surface area contributed by atoms with Crippen LogP contribution in [0.15, 0.2) is 48.5 Å². The molecular formula is C51H65NO7. The highest BCUT2D eigenvalue weighted by Gasteiger charge is 2.29. The van der Waals surface area contributed by atoms with Crippen LogP contribution < -0.4 is 14.8 Å². The lowest BCUT2D eigenvalue weighted by Gasteiger charge is -2.28. The van der Waals surface area contributed by atoms with Gasteiger partial charge in [0.25, 0.3) is 5.91 Å². The molecule has 4 aromatic carbocycles. The Morgan fingerprint density at radius 3 is 1.07 bits per heavy atom. The Balaban J connectivity index is 1.78. The molecule has 8 heteroatoms. The molecule has 4 aromatic rings. The first kappa shape index (κ1) is 43.6. The topological polar surface area (TPSA) is 114 Å². The third-order valence-electron chi connectivity index (χ3n) is 11.6. The Bertz CT molecular complexity index is 2160. The van der Waals surface area contributed by atoms with Crippen LogP contribution in [-0.4, -0.2) is 48.0 Å². The minimum atomic E-state index is -0.581. The predicted molar refractivity (Wildman–Crippen MR) is 235 cm³/mol. The number of phenolic OH excluding ortho intramolecular Hbond substituents is 2. The number of benzene rings is 4. The summed E-state index contributed by atoms with van der Waals surface area (Å²) in [7, 11) is 0. The molecule has 0 spiro atoms. The molecule has 0 saturated heterocycles. The molecule has 0 saturated carbocycles. The number of esters is 1. The van der Waals surface area contributed by atoms with Crippen LogP contribution in [0.5, 0.6) is 23.0 Å². The number of carbonyl (C=O) groups excluding carboxylic acids is 2. The van der Waals surface area contributed by atoms with Crippen LogP contribution >= 0.6 is 0 Å². The highest BCUT2D eigenvalue weighted by atomic mass is 16.6. The van der Waals surface area contributed by atoms with E-state index in [-0.39, 0.29) is 58.9 Å². The van der Waals surface area contributed by atoms with Crippen molar-refractivity contribution in [2.24, 2.45) is 0 Å². The van der Waals surface area contributed by atoms with Gasteiger partial charge < -0.3 is 29.7 Å². The van der Waals surface area contributed by atoms with Gasteiger partial charge in [-0.25, -0.2) is 4.79 Å². The van der Waals surface area contributed by atoms with E-state index in [2.05, 4.69) is 137 Å². The molecule has 7 rings (SSSR count). The fraction of sp³-hybridized carbons (Fsp3) is 0.490. The first-order valence-corrected chi connectivity index (χ1v) is 21.0. The molecule has 0 unspecified atom stereocenters. The second kappa shape index (κ2) is 15.9. The Kier molecular flexibility index (Phi) is 11.7. The SMILES string of the molecule is C[C@@H]1COC(=O)COc2c3cc(C(C)(C)C)cc2Cc2cc(C(C)(C)C)cc(c2O)Cc2cc(C(C)(C)C)cc(c2OCC(=O)N1)Cc1cc(C(C)(C)C)cc(c1O)C3. The van der Waals surface area contributed by atoms with Gasteiger partial charge in [-0.2, -0.15) is 0 Å². The number of fused-ring (bicyclic) bond motifs is 9. The van der Waals surface area contributed by atoms with E-state index in [1.54, 1.807) is 6.92 Å². The Morgan fingerprint density at radius 1 is 0.475 bits per heavy atom. The average Bonchev–Trinajstić information content (AvgIpc) is 3.10. The van der Waals surface area contributed by atoms with E-state index in [9.17, 15) is 19.8 Å². The normalized spacial score (nSPS) is 17.0. The second-order valence-electron chi connectivity index (χ2n) is 21.0. The van der Waals surface area contributed by atoms with Gasteiger partial charge in [-0.05, 0) is 95.3 Å². The van der Waals surface area contributed by atoms with Crippen molar-refractivity contribution < 1.29 is 34.0 Å². The zero-order valence-corrected chi connectivity index (χ0v) is 37.6. The van der Waals surface area contributed by atoms with E-state index in [4.69, 9.17) is 14.2 Å². The predicted octanol–water partition coefficient (Wildman–Crippen LogP) is 9.78. The molecule has 1 aliphatic carbocycles. The van der Waals surface area contributed by atoms with Crippen molar-refractivity contribution in [3.8, 4) is 23.0 Å². The summed E-state index contributed by atoms with van der Waals surface area (Å²) in [4.78, 5) is 26.8. The lowest BCUT2D eigenvalue weighted by atomic mass is 9.79. The fourth-order valence-electron chi connectivity index (χ4n) is 7.90. The van der Waals surface area contributed by atoms with Crippen LogP contribution in [0.3, 0.4) is 0 Å². The minimum absolute atomic E-state index is 0.0437. The number of phenols is 2. The summed E-state index contributed by atoms with van der Waals surface area (Å²) in [6.07, 6.45) is 1.28. The number of aromatic hydroxyl groups is 2. The van der Waals surface area contributed by atoms with Gasteiger partial charge in [0.15, 0.2) is 13.2 Å². The lowest BCUT2D eigenvalue weighted by molar-refractivity contribution is -0.147. The van der Waals surface area contributed by atoms with Gasteiger partial charge in [-0.1, -0.05) is 132 Å². The summed E-state index contributed by atoms with van der Waals surface area (Å²) in [5.74, 6) is 0.453. The summed E-state index contributed by atoms with van der Waals surface area (Å²) in [5, 5.41) is 27.7. The van der Waals surface area contributed by atoms with Crippen LogP contribution in [0.2, 0.25) is 0 Å². The fourth-order valence-corrected chi connectivity index (χ4v) is 7.90. The molecule has 59 heavy (non-hydrogen) atoms. The van der Waals surface area contributed by atoms with E-state index in [0.717, 1.165) is 66.8 Å². The maximum absolute atomic E-state index is 13.5. The van der Waals surface area contributed by atoms with Crippen LogP contribution in [0.1, 0.15) is 157 Å². The Morgan fingerprint density at radius 2 is 0.763 bits per heavy atom. The number of hydrogen-bond acceptors (Lipinski definition) is 7. The molecule has 1 atom stereocenters. The van der Waals surface area contributed by atoms with E-state index in [0.29, 0.717) is 37.2 Å². The van der Waals surface area contributed by atoms with E-state index in [1.807, 2.05) is 0 Å². The van der Waals surface area contributed by atoms with Crippen molar-refractivity contribution in [2.75, 3.05) is 19.8 Å². The zero-order chi connectivity index (χ0) is 43.4. The summed E-state index contributed by atoms with van der Waals surface area (Å²) >= 11 is 0. The third kappa shape index (κ3) is 9.91. The van der Waals surface area contributed by atoms with Crippen LogP contribution in [0, 0.1) is 0 Å². The van der Waals surface area contributed by atoms with Gasteiger partial charge in [0.1, 0.15) is 29.6 Å². The molecule has 3 N–H and O–H groups in total. The van der Waals surface area contributed by atoms with Crippen molar-refractivity contribution >= 4 is 11.9 Å². The summed E-state index contributed by atoms with van der Waals surface area (Å²) in [6.45, 7) is 27.1. The smallest absolute Gasteiger partial charge is 0.344 e. The van der Waals surface area contributed by atoms with Gasteiger partial charge in [0, 0.05) is 25.7 Å². The molecule has 316 valence electrons. The van der Waals surface area contributed by atoms with Crippen LogP contribution in [0.25, 0.3) is 0 Å². The summed E-state index contributed by atoms with van der Waals surface area (Å²) in [6, 6.07) is 16.4. The van der Waals surface area contributed by atoms with E-state index >= 15 is 0 Å². The molecule has 0 aromatic heterocycles. The van der Waals surface area contributed by atoms with Crippen LogP contribution in [0.4, 0.5) is 0 Å². The van der Waals surface area contributed by atoms with Gasteiger partial charge >= 0.3 is 5.97 Å². The van der Waals surface area contributed by atoms with Gasteiger partial charge in [-0.3, -0.25) is 4.79 Å². The van der Waals surface area contributed by atoms with E-state index in [1.165, 1.54) is 0 Å². The average molecular weight is 804 g/mol. The summed E-state index contributed by atoms with van der Waals surface area (Å²) < 4.78 is 18.8. The molecule has 8 nitrogen and oxygen atoms in total. The third-order valence-corrected chi connectivity index (χ3v) is 11.6. The Hall–Kier alpha value is -4.98. The summed E-state index contributed by atoms with van der Waals surface area (Å²) in [5.41, 5.74) is 9.40. The van der Waals surface area contributed by atoms with Crippen molar-refractivity contribution in [3.05, 3.63) is 115 Å². The van der Waals surface area contributed by atoms with Crippen molar-refractivity contribution in [3.63, 3.8) is 0 Å². The second-order valence-corrected chi connectivity index (χ2v) is 21.0. The molecule has 10 bridgehead atoms. The lowest BCUT2D eigenvalue weighted by Crippen LogP contribution is -2.39. The molecule has 0 radical (unpaired) electrons. The highest BCUT2D eigenvalue weighted by molar-refractivity contribution is 5.78. The van der Waals surface area contributed by atoms with Crippen molar-refractivity contribution in [1.82, 2.24) is 5.32 Å². The standard InChI is InChI=1S/C51H65NO7/c1-29-26-57-43(54)28-59-47-36-16-32-20-38(48(2,3)4)18-30(44(32)55)14-34-22-40(50(8,9)10)23-35(46(34)58-27-42(53)52-29)15-31-19-39(49(5,6)7)21-33(45(31)56)17-37(47)25-41(24-36)51(11,12)13/h18-25,29,55-56H,14-17,26-28H2,1-13H3,(H,52,53)/t29-/m1/s1. The number of rotatable bonds is 0. The minimum Gasteiger partial charge on any atom is -0.507 e. The van der Waals surface area contributed by atoms with Crippen molar-refractivity contribution in [2.45, 2.75) is 143 Å². The number of nitrogens with one attached hydrogen (secondary N) is 1. The molecule has 2 heterocycles. The van der Waals surface area contributed by atoms with Gasteiger partial charge in [0.2, 0.25) is 0 Å². The van der Waals surface area contributed by atoms with Crippen molar-refractivity contribution in [1.29, 1.82) is 0 Å². The first-order chi connectivity index (χ1) is 27.3. The maximum atomic E-state index is 13.5. The highest BCUT2D eigenvalue weighted by Crippen LogP contribution is 2.43. The van der Waals surface area contributed by atoms with Gasteiger partial charge in [0.05, 0.1) is 6.04 Å². The zero-order valence-electron chi connectivity index (χ0n) is 37.6. The number of hydrogen-bond donors (Lipinski definition) is 3. The number of carbonyl (C=O) groups is 2. The number of ether oxygens (including phenoxy) is 3. The van der Waals surface area contributed by atoms with Crippen LogP contribution in [-0.2, 0) is 61.7 Å². The quantitative estimate of drug-likeness (QED) is 0.106. The molecule has 1 amide bonds. The largest absolute Gasteiger partial charge is 0.507 e. The van der Waals surface area contributed by atoms with E-state index < -0.39 is 12.0 Å². The number of amides is 1. The monoisotopic (exact) mass is 803 g/mol. The maximum Gasteiger partial charge on any atom is 0.344 e. The molecule has 0 fully saturated rings. The first-order valence-electron chi connectivity index (χ1n) is 21.0. The molecule has 3 aliphatic rings. The molecular weight excluding hydrogens is 739 g/mol.